The van der Waals surface area contributed by atoms with Gasteiger partial charge in [0.05, 0.1) is 62.1 Å². The molecule has 0 saturated carbocycles. The zero-order valence-electron chi connectivity index (χ0n) is 31.7. The van der Waals surface area contributed by atoms with Crippen LogP contribution in [0.4, 0.5) is 26.3 Å². The minimum absolute atomic E-state index is 0.333. The number of hydrogen-bond acceptors (Lipinski definition) is 2. The minimum Gasteiger partial charge on any atom is -0.309 e. The fraction of sp³-hybridized carbons (Fsp3) is 0.102. The zero-order valence-corrected chi connectivity index (χ0v) is 31.7. The molecule has 10 heteroatoms. The first-order chi connectivity index (χ1) is 28.1. The summed E-state index contributed by atoms with van der Waals surface area (Å²) in [5, 5.41) is 22.1. The third-order valence-corrected chi connectivity index (χ3v) is 11.1. The van der Waals surface area contributed by atoms with E-state index in [4.69, 9.17) is 0 Å². The Balaban J connectivity index is 1.40. The molecule has 0 atom stereocenters. The second-order valence-electron chi connectivity index (χ2n) is 14.9. The van der Waals surface area contributed by atoms with Crippen molar-refractivity contribution in [2.75, 3.05) is 0 Å². The van der Waals surface area contributed by atoms with Crippen LogP contribution in [0.1, 0.15) is 38.9 Å². The highest BCUT2D eigenvalue weighted by Crippen LogP contribution is 2.45. The Labute approximate surface area is 334 Å². The first kappa shape index (κ1) is 37.3. The highest BCUT2D eigenvalue weighted by atomic mass is 19.4. The number of hydrogen-bond donors (Lipinski definition) is 0. The molecule has 2 aromatic heterocycles. The van der Waals surface area contributed by atoms with Crippen LogP contribution in [0.2, 0.25) is 0 Å². The highest BCUT2D eigenvalue weighted by molar-refractivity contribution is 6.11. The van der Waals surface area contributed by atoms with Crippen molar-refractivity contribution in [3.63, 3.8) is 0 Å². The van der Waals surface area contributed by atoms with E-state index >= 15 is 0 Å². The topological polar surface area (TPSA) is 57.4 Å². The molecular weight excluding hydrogens is 759 g/mol. The first-order valence-corrected chi connectivity index (χ1v) is 18.6. The molecule has 0 radical (unpaired) electrons. The third-order valence-electron chi connectivity index (χ3n) is 11.1. The van der Waals surface area contributed by atoms with Crippen LogP contribution >= 0.6 is 0 Å². The Morgan fingerprint density at radius 3 is 1.42 bits per heavy atom. The van der Waals surface area contributed by atoms with Gasteiger partial charge < -0.3 is 9.13 Å². The molecule has 9 rings (SSSR count). The van der Waals surface area contributed by atoms with Crippen LogP contribution in [0, 0.1) is 43.4 Å². The lowest BCUT2D eigenvalue weighted by molar-refractivity contribution is -0.138. The maximum absolute atomic E-state index is 14.1. The average molecular weight is 789 g/mol. The molecule has 0 spiro atoms. The van der Waals surface area contributed by atoms with Gasteiger partial charge in [-0.1, -0.05) is 35.4 Å². The molecule has 0 aliphatic carbocycles. The number of alkyl halides is 6. The lowest BCUT2D eigenvalue weighted by atomic mass is 9.89. The summed E-state index contributed by atoms with van der Waals surface area (Å²) in [7, 11) is 0. The van der Waals surface area contributed by atoms with Crippen LogP contribution in [0.5, 0.6) is 0 Å². The largest absolute Gasteiger partial charge is 0.416 e. The molecule has 0 bridgehead atoms. The van der Waals surface area contributed by atoms with Crippen LogP contribution in [-0.4, -0.2) is 9.13 Å². The van der Waals surface area contributed by atoms with E-state index in [-0.39, 0.29) is 0 Å². The summed E-state index contributed by atoms with van der Waals surface area (Å²) in [4.78, 5) is 0. The molecule has 7 aromatic carbocycles. The molecule has 9 aromatic rings. The van der Waals surface area contributed by atoms with Gasteiger partial charge in [-0.2, -0.15) is 36.9 Å². The molecule has 59 heavy (non-hydrogen) atoms. The van der Waals surface area contributed by atoms with E-state index in [1.807, 2.05) is 90.6 Å². The van der Waals surface area contributed by atoms with Crippen LogP contribution in [0.3, 0.4) is 0 Å². The molecule has 0 N–H and O–H groups in total. The Bertz CT molecular complexity index is 3310. The summed E-state index contributed by atoms with van der Waals surface area (Å²) in [6.45, 7) is 5.65. The number of benzene rings is 7. The van der Waals surface area contributed by atoms with Gasteiger partial charge in [-0.15, -0.1) is 0 Å². The van der Waals surface area contributed by atoms with E-state index in [2.05, 4.69) is 12.1 Å². The van der Waals surface area contributed by atoms with Gasteiger partial charge >= 0.3 is 12.4 Å². The lowest BCUT2D eigenvalue weighted by Gasteiger charge is -2.20. The first-order valence-electron chi connectivity index (χ1n) is 18.6. The Morgan fingerprint density at radius 1 is 0.424 bits per heavy atom. The molecule has 0 amide bonds. The van der Waals surface area contributed by atoms with Crippen molar-refractivity contribution in [3.8, 4) is 45.8 Å². The minimum atomic E-state index is -4.57. The number of aryl methyl sites for hydroxylation is 3. The number of aromatic nitrogens is 2. The second-order valence-corrected chi connectivity index (χ2v) is 14.9. The Hall–Kier alpha value is -7.30. The molecule has 0 unspecified atom stereocenters. The fourth-order valence-corrected chi connectivity index (χ4v) is 8.35. The van der Waals surface area contributed by atoms with Crippen molar-refractivity contribution in [3.05, 3.63) is 166 Å². The van der Waals surface area contributed by atoms with Crippen molar-refractivity contribution in [2.24, 2.45) is 0 Å². The monoisotopic (exact) mass is 788 g/mol. The van der Waals surface area contributed by atoms with Crippen LogP contribution in [-0.2, 0) is 12.4 Å². The zero-order chi connectivity index (χ0) is 41.5. The van der Waals surface area contributed by atoms with Gasteiger partial charge in [0, 0.05) is 32.8 Å². The van der Waals surface area contributed by atoms with Crippen molar-refractivity contribution >= 4 is 43.6 Å². The third kappa shape index (κ3) is 6.16. The van der Waals surface area contributed by atoms with E-state index in [9.17, 15) is 36.9 Å². The standard InChI is InChI=1S/C49H30F6N4/c1-27-4-13-43-38(18-27)41-22-32(48(50,51)52)8-16-44(41)58(43)34-10-12-36(35-11-6-30(25-56)20-29(35)3)37(24-34)40-21-31(26-57)7-15-46(40)59-45-14-5-28(2)19-39(45)42-23-33(49(53,54)55)9-17-47(42)59/h4-24H,1-3H3. The molecule has 2 heterocycles. The predicted octanol–water partition coefficient (Wildman–Crippen LogP) is 13.9. The lowest BCUT2D eigenvalue weighted by Crippen LogP contribution is -2.05. The predicted molar refractivity (Wildman–Crippen MR) is 220 cm³/mol. The summed E-state index contributed by atoms with van der Waals surface area (Å²) < 4.78 is 88.3. The number of nitriles is 2. The summed E-state index contributed by atoms with van der Waals surface area (Å²) in [6.07, 6.45) is -9.12. The van der Waals surface area contributed by atoms with Crippen molar-refractivity contribution in [1.29, 1.82) is 10.5 Å². The van der Waals surface area contributed by atoms with Gasteiger partial charge in [-0.05, 0) is 146 Å². The van der Waals surface area contributed by atoms with E-state index < -0.39 is 23.5 Å². The maximum Gasteiger partial charge on any atom is 0.416 e. The highest BCUT2D eigenvalue weighted by Gasteiger charge is 2.33. The quantitative estimate of drug-likeness (QED) is 0.167. The summed E-state index contributed by atoms with van der Waals surface area (Å²) in [6, 6.07) is 39.4. The molecule has 0 aliphatic rings. The van der Waals surface area contributed by atoms with Gasteiger partial charge in [0.2, 0.25) is 0 Å². The SMILES string of the molecule is Cc1ccc2c(c1)c1cc(C(F)(F)F)ccc1n2-c1ccc(-c2ccc(C#N)cc2C)c(-c2cc(C#N)ccc2-n2c3ccc(C)cc3c3cc(C(F)(F)F)ccc32)c1. The Morgan fingerprint density at radius 2 is 0.898 bits per heavy atom. The number of rotatable bonds is 4. The Kier molecular flexibility index (Phi) is 8.46. The van der Waals surface area contributed by atoms with Crippen molar-refractivity contribution in [2.45, 2.75) is 33.1 Å². The smallest absolute Gasteiger partial charge is 0.309 e. The summed E-state index contributed by atoms with van der Waals surface area (Å²) in [5.41, 5.74) is 8.18. The van der Waals surface area contributed by atoms with Gasteiger partial charge in [-0.3, -0.25) is 0 Å². The van der Waals surface area contributed by atoms with Crippen LogP contribution < -0.4 is 0 Å². The molecule has 0 aliphatic heterocycles. The fourth-order valence-electron chi connectivity index (χ4n) is 8.35. The number of halogens is 6. The number of fused-ring (bicyclic) bond motifs is 6. The van der Waals surface area contributed by atoms with E-state index in [1.54, 1.807) is 30.3 Å². The maximum atomic E-state index is 14.1. The van der Waals surface area contributed by atoms with Crippen LogP contribution in [0.25, 0.3) is 77.2 Å². The van der Waals surface area contributed by atoms with Gasteiger partial charge in [0.1, 0.15) is 0 Å². The second kappa shape index (κ2) is 13.4. The van der Waals surface area contributed by atoms with Gasteiger partial charge in [0.15, 0.2) is 0 Å². The van der Waals surface area contributed by atoms with Crippen molar-refractivity contribution < 1.29 is 26.3 Å². The molecule has 0 fully saturated rings. The van der Waals surface area contributed by atoms with Crippen molar-refractivity contribution in [1.82, 2.24) is 9.13 Å². The molecule has 288 valence electrons. The number of nitrogens with zero attached hydrogens (tertiary/aromatic N) is 4. The molecular formula is C49H30F6N4. The average Bonchev–Trinajstić information content (AvgIpc) is 3.70. The van der Waals surface area contributed by atoms with E-state index in [1.165, 1.54) is 18.2 Å². The van der Waals surface area contributed by atoms with Crippen LogP contribution in [0.15, 0.2) is 127 Å². The van der Waals surface area contributed by atoms with E-state index in [0.717, 1.165) is 46.0 Å². The summed E-state index contributed by atoms with van der Waals surface area (Å²) >= 11 is 0. The van der Waals surface area contributed by atoms with Gasteiger partial charge in [0.25, 0.3) is 0 Å². The molecule has 4 nitrogen and oxygen atoms in total. The summed E-state index contributed by atoms with van der Waals surface area (Å²) in [5.74, 6) is 0. The van der Waals surface area contributed by atoms with Gasteiger partial charge in [-0.25, -0.2) is 0 Å². The molecule has 0 saturated heterocycles. The normalized spacial score (nSPS) is 12.1. The van der Waals surface area contributed by atoms with E-state index in [0.29, 0.717) is 77.2 Å².